The number of aromatic nitrogens is 1. The van der Waals surface area contributed by atoms with Gasteiger partial charge in [-0.2, -0.15) is 0 Å². The monoisotopic (exact) mass is 461 g/mol. The van der Waals surface area contributed by atoms with Crippen molar-refractivity contribution in [2.24, 2.45) is 0 Å². The Hall–Kier alpha value is -3.74. The Kier molecular flexibility index (Phi) is 7.21. The molecule has 2 amide bonds. The molecule has 1 aromatic heterocycles. The van der Waals surface area contributed by atoms with Crippen LogP contribution in [0.3, 0.4) is 0 Å². The Morgan fingerprint density at radius 2 is 1.94 bits per heavy atom. The van der Waals surface area contributed by atoms with Crippen molar-refractivity contribution in [1.29, 1.82) is 0 Å². The molecule has 7 heteroatoms. The number of cyclic esters (lactones) is 1. The van der Waals surface area contributed by atoms with Crippen LogP contribution in [0.15, 0.2) is 60.7 Å². The number of carbonyl (C=O) groups excluding carboxylic acids is 2. The van der Waals surface area contributed by atoms with Gasteiger partial charge in [-0.3, -0.25) is 14.7 Å². The number of nitrogens with zero attached hydrogens (tertiary/aromatic N) is 2. The molecule has 4 rings (SSSR count). The zero-order chi connectivity index (χ0) is 24.1. The second-order valence-corrected chi connectivity index (χ2v) is 8.54. The molecule has 1 fully saturated rings. The van der Waals surface area contributed by atoms with Crippen molar-refractivity contribution in [2.45, 2.75) is 39.2 Å². The van der Waals surface area contributed by atoms with Gasteiger partial charge in [0.2, 0.25) is 5.91 Å². The summed E-state index contributed by atoms with van der Waals surface area (Å²) in [5.41, 5.74) is 5.00. The Morgan fingerprint density at radius 1 is 1.15 bits per heavy atom. The molecule has 3 aromatic rings. The summed E-state index contributed by atoms with van der Waals surface area (Å²) in [6.45, 7) is 3.88. The van der Waals surface area contributed by atoms with Crippen LogP contribution < -0.4 is 10.2 Å². The number of nitrogens with one attached hydrogen (secondary N) is 1. The van der Waals surface area contributed by atoms with Crippen LogP contribution in [0.25, 0.3) is 11.1 Å². The number of pyridine rings is 1. The van der Waals surface area contributed by atoms with Gasteiger partial charge in [-0.15, -0.1) is 0 Å². The van der Waals surface area contributed by atoms with E-state index in [-0.39, 0.29) is 19.0 Å². The lowest BCUT2D eigenvalue weighted by molar-refractivity contribution is -0.119. The van der Waals surface area contributed by atoms with E-state index in [1.807, 2.05) is 49.4 Å². The molecule has 0 bridgehead atoms. The number of halogens is 1. The van der Waals surface area contributed by atoms with Crippen LogP contribution in [0.1, 0.15) is 30.3 Å². The normalized spacial score (nSPS) is 15.3. The lowest BCUT2D eigenvalue weighted by Crippen LogP contribution is -2.33. The standard InChI is InChI=1S/C27H28FN3O3/c1-18-5-3-7-22(30-18)8-4-6-20-9-11-21(12-10-20)25-14-13-23(15-26(25)28)31-17-24(34-27(31)33)16-29-19(2)32/h3,5,7,9-15,24H,4,6,8,16-17H2,1-2H3,(H,29,32)/t24-/m0/s1. The van der Waals surface area contributed by atoms with Gasteiger partial charge in [0, 0.05) is 23.9 Å². The summed E-state index contributed by atoms with van der Waals surface area (Å²) >= 11 is 0. The van der Waals surface area contributed by atoms with Crippen LogP contribution in [0.4, 0.5) is 14.9 Å². The zero-order valence-corrected chi connectivity index (χ0v) is 19.4. The zero-order valence-electron chi connectivity index (χ0n) is 19.4. The number of benzene rings is 2. The van der Waals surface area contributed by atoms with Crippen molar-refractivity contribution in [3.63, 3.8) is 0 Å². The highest BCUT2D eigenvalue weighted by Gasteiger charge is 2.32. The van der Waals surface area contributed by atoms with E-state index in [0.29, 0.717) is 11.3 Å². The fraction of sp³-hybridized carbons (Fsp3) is 0.296. The summed E-state index contributed by atoms with van der Waals surface area (Å²) in [4.78, 5) is 29.2. The first-order valence-electron chi connectivity index (χ1n) is 11.4. The van der Waals surface area contributed by atoms with Gasteiger partial charge in [-0.05, 0) is 67.6 Å². The Morgan fingerprint density at radius 3 is 2.65 bits per heavy atom. The highest BCUT2D eigenvalue weighted by Crippen LogP contribution is 2.29. The largest absolute Gasteiger partial charge is 0.442 e. The van der Waals surface area contributed by atoms with Gasteiger partial charge in [0.05, 0.1) is 18.8 Å². The molecular formula is C27H28FN3O3. The van der Waals surface area contributed by atoms with E-state index < -0.39 is 18.0 Å². The minimum Gasteiger partial charge on any atom is -0.442 e. The smallest absolute Gasteiger partial charge is 0.414 e. The molecule has 176 valence electrons. The molecule has 0 aliphatic carbocycles. The Labute approximate surface area is 198 Å². The predicted molar refractivity (Wildman–Crippen MR) is 129 cm³/mol. The van der Waals surface area contributed by atoms with E-state index in [9.17, 15) is 14.0 Å². The van der Waals surface area contributed by atoms with Crippen LogP contribution >= 0.6 is 0 Å². The van der Waals surface area contributed by atoms with Crippen molar-refractivity contribution in [3.05, 3.63) is 83.4 Å². The van der Waals surface area contributed by atoms with Crippen molar-refractivity contribution in [3.8, 4) is 11.1 Å². The summed E-state index contributed by atoms with van der Waals surface area (Å²) < 4.78 is 20.2. The van der Waals surface area contributed by atoms with Crippen LogP contribution in [0, 0.1) is 12.7 Å². The molecule has 1 atom stereocenters. The maximum atomic E-state index is 14.9. The fourth-order valence-corrected chi connectivity index (χ4v) is 4.07. The third-order valence-corrected chi connectivity index (χ3v) is 5.83. The molecule has 1 saturated heterocycles. The summed E-state index contributed by atoms with van der Waals surface area (Å²) in [5.74, 6) is -0.604. The molecule has 1 aliphatic rings. The van der Waals surface area contributed by atoms with Gasteiger partial charge >= 0.3 is 6.09 Å². The van der Waals surface area contributed by atoms with Gasteiger partial charge in [0.1, 0.15) is 11.9 Å². The van der Waals surface area contributed by atoms with Crippen LogP contribution in [-0.4, -0.2) is 36.2 Å². The number of aryl methyl sites for hydroxylation is 3. The summed E-state index contributed by atoms with van der Waals surface area (Å²) in [6, 6.07) is 18.7. The highest BCUT2D eigenvalue weighted by atomic mass is 19.1. The van der Waals surface area contributed by atoms with E-state index in [1.54, 1.807) is 12.1 Å². The maximum absolute atomic E-state index is 14.9. The first-order chi connectivity index (χ1) is 16.4. The fourth-order valence-electron chi connectivity index (χ4n) is 4.07. The number of rotatable bonds is 8. The molecule has 2 aromatic carbocycles. The number of ether oxygens (including phenoxy) is 1. The third-order valence-electron chi connectivity index (χ3n) is 5.83. The molecular weight excluding hydrogens is 433 g/mol. The second kappa shape index (κ2) is 10.5. The topological polar surface area (TPSA) is 71.5 Å². The van der Waals surface area contributed by atoms with Gasteiger partial charge in [0.15, 0.2) is 0 Å². The van der Waals surface area contributed by atoms with Crippen molar-refractivity contribution in [2.75, 3.05) is 18.0 Å². The summed E-state index contributed by atoms with van der Waals surface area (Å²) in [5, 5.41) is 2.63. The molecule has 34 heavy (non-hydrogen) atoms. The van der Waals surface area contributed by atoms with Gasteiger partial charge < -0.3 is 10.1 Å². The van der Waals surface area contributed by atoms with E-state index in [2.05, 4.69) is 10.3 Å². The summed E-state index contributed by atoms with van der Waals surface area (Å²) in [6.07, 6.45) is 1.83. The summed E-state index contributed by atoms with van der Waals surface area (Å²) in [7, 11) is 0. The second-order valence-electron chi connectivity index (χ2n) is 8.54. The van der Waals surface area contributed by atoms with Gasteiger partial charge in [0.25, 0.3) is 0 Å². The lowest BCUT2D eigenvalue weighted by Gasteiger charge is -2.15. The molecule has 0 spiro atoms. The molecule has 0 radical (unpaired) electrons. The number of hydrogen-bond donors (Lipinski definition) is 1. The molecule has 6 nitrogen and oxygen atoms in total. The quantitative estimate of drug-likeness (QED) is 0.522. The molecule has 1 aliphatic heterocycles. The Balaban J connectivity index is 1.37. The SMILES string of the molecule is CC(=O)NC[C@H]1CN(c2ccc(-c3ccc(CCCc4cccc(C)n4)cc3)c(F)c2)C(=O)O1. The first kappa shape index (κ1) is 23.4. The minimum absolute atomic E-state index is 0.195. The average molecular weight is 462 g/mol. The van der Waals surface area contributed by atoms with Crippen LogP contribution in [0.2, 0.25) is 0 Å². The van der Waals surface area contributed by atoms with Gasteiger partial charge in [-0.25, -0.2) is 9.18 Å². The third kappa shape index (κ3) is 5.78. The number of carbonyl (C=O) groups is 2. The maximum Gasteiger partial charge on any atom is 0.414 e. The van der Waals surface area contributed by atoms with E-state index in [0.717, 1.165) is 36.2 Å². The molecule has 0 saturated carbocycles. The lowest BCUT2D eigenvalue weighted by atomic mass is 10.0. The van der Waals surface area contributed by atoms with E-state index in [1.165, 1.54) is 23.5 Å². The van der Waals surface area contributed by atoms with Crippen molar-refractivity contribution >= 4 is 17.7 Å². The number of anilines is 1. The van der Waals surface area contributed by atoms with Crippen molar-refractivity contribution in [1.82, 2.24) is 10.3 Å². The Bertz CT molecular complexity index is 1180. The molecule has 1 N–H and O–H groups in total. The van der Waals surface area contributed by atoms with Crippen molar-refractivity contribution < 1.29 is 18.7 Å². The minimum atomic E-state index is -0.548. The average Bonchev–Trinajstić information content (AvgIpc) is 3.19. The van der Waals surface area contributed by atoms with E-state index >= 15 is 0 Å². The first-order valence-corrected chi connectivity index (χ1v) is 11.4. The highest BCUT2D eigenvalue weighted by molar-refractivity contribution is 5.90. The number of hydrogen-bond acceptors (Lipinski definition) is 4. The van der Waals surface area contributed by atoms with Crippen LogP contribution in [-0.2, 0) is 22.4 Å². The number of amides is 2. The van der Waals surface area contributed by atoms with Gasteiger partial charge in [-0.1, -0.05) is 30.3 Å². The predicted octanol–water partition coefficient (Wildman–Crippen LogP) is 4.83. The molecule has 0 unspecified atom stereocenters. The van der Waals surface area contributed by atoms with E-state index in [4.69, 9.17) is 4.74 Å². The van der Waals surface area contributed by atoms with Crippen LogP contribution in [0.5, 0.6) is 0 Å². The molecule has 2 heterocycles.